The molecule has 0 aliphatic carbocycles. The Bertz CT molecular complexity index is 468. The number of ketones is 1. The first-order valence-corrected chi connectivity index (χ1v) is 6.45. The van der Waals surface area contributed by atoms with Crippen LogP contribution in [0, 0.1) is 0 Å². The van der Waals surface area contributed by atoms with Crippen LogP contribution >= 0.6 is 0 Å². The highest BCUT2D eigenvalue weighted by molar-refractivity contribution is 5.99. The molecule has 104 valence electrons. The Morgan fingerprint density at radius 3 is 2.74 bits per heavy atom. The number of anilines is 2. The van der Waals surface area contributed by atoms with Crippen LogP contribution < -0.4 is 11.1 Å². The molecule has 0 saturated carbocycles. The third-order valence-corrected chi connectivity index (χ3v) is 3.48. The average Bonchev–Trinajstić information content (AvgIpc) is 2.37. The van der Waals surface area contributed by atoms with E-state index in [0.29, 0.717) is 43.9 Å². The first-order chi connectivity index (χ1) is 9.00. The van der Waals surface area contributed by atoms with Gasteiger partial charge >= 0.3 is 0 Å². The van der Waals surface area contributed by atoms with E-state index in [2.05, 4.69) is 5.32 Å². The third kappa shape index (κ3) is 3.45. The van der Waals surface area contributed by atoms with Gasteiger partial charge in [-0.15, -0.1) is 0 Å². The highest BCUT2D eigenvalue weighted by atomic mass is 16.5. The number of hydrogen-bond acceptors (Lipinski definition) is 5. The van der Waals surface area contributed by atoms with Gasteiger partial charge in [0.2, 0.25) is 0 Å². The molecule has 1 aliphatic heterocycles. The number of rotatable bonds is 4. The van der Waals surface area contributed by atoms with E-state index in [-0.39, 0.29) is 5.78 Å². The summed E-state index contributed by atoms with van der Waals surface area (Å²) in [5.74, 6) is -0.0490. The van der Waals surface area contributed by atoms with Crippen LogP contribution in [0.2, 0.25) is 0 Å². The van der Waals surface area contributed by atoms with Gasteiger partial charge in [-0.3, -0.25) is 4.79 Å². The van der Waals surface area contributed by atoms with E-state index in [9.17, 15) is 9.90 Å². The Balaban J connectivity index is 2.00. The molecule has 0 amide bonds. The average molecular weight is 264 g/mol. The van der Waals surface area contributed by atoms with Crippen molar-refractivity contribution in [3.63, 3.8) is 0 Å². The zero-order valence-electron chi connectivity index (χ0n) is 11.1. The van der Waals surface area contributed by atoms with Gasteiger partial charge in [-0.1, -0.05) is 0 Å². The van der Waals surface area contributed by atoms with E-state index in [0.717, 1.165) is 5.69 Å². The minimum absolute atomic E-state index is 0.0490. The first-order valence-electron chi connectivity index (χ1n) is 6.45. The molecule has 0 radical (unpaired) electrons. The molecule has 0 bridgehead atoms. The second kappa shape index (κ2) is 5.59. The molecule has 0 spiro atoms. The van der Waals surface area contributed by atoms with Crippen LogP contribution in [-0.2, 0) is 4.74 Å². The summed E-state index contributed by atoms with van der Waals surface area (Å²) in [6, 6.07) is 5.23. The second-order valence-corrected chi connectivity index (χ2v) is 5.05. The number of nitrogens with one attached hydrogen (secondary N) is 1. The number of carbonyl (C=O) groups excluding carboxylic acids is 1. The fourth-order valence-electron chi connectivity index (χ4n) is 2.19. The van der Waals surface area contributed by atoms with Crippen LogP contribution in [0.25, 0.3) is 0 Å². The van der Waals surface area contributed by atoms with Crippen LogP contribution in [0.5, 0.6) is 0 Å². The molecule has 5 heteroatoms. The molecule has 4 N–H and O–H groups in total. The van der Waals surface area contributed by atoms with E-state index < -0.39 is 5.60 Å². The van der Waals surface area contributed by atoms with Crippen molar-refractivity contribution >= 4 is 17.2 Å². The van der Waals surface area contributed by atoms with Gasteiger partial charge in [0.05, 0.1) is 5.60 Å². The van der Waals surface area contributed by atoms with Crippen molar-refractivity contribution in [3.05, 3.63) is 23.8 Å². The quantitative estimate of drug-likeness (QED) is 0.566. The second-order valence-electron chi connectivity index (χ2n) is 5.05. The predicted octanol–water partition coefficient (Wildman–Crippen LogP) is 1.42. The van der Waals surface area contributed by atoms with E-state index in [1.54, 1.807) is 18.2 Å². The number of carbonyl (C=O) groups is 1. The standard InChI is InChI=1S/C14H20N2O3/c1-10(17)12-3-2-11(8-13(12)15)16-9-14(18)4-6-19-7-5-14/h2-3,8,16,18H,4-7,9,15H2,1H3. The molecule has 1 fully saturated rings. The molecule has 0 aromatic heterocycles. The molecule has 1 saturated heterocycles. The fraction of sp³-hybridized carbons (Fsp3) is 0.500. The van der Waals surface area contributed by atoms with Crippen LogP contribution in [0.4, 0.5) is 11.4 Å². The van der Waals surface area contributed by atoms with Crippen molar-refractivity contribution in [2.45, 2.75) is 25.4 Å². The highest BCUT2D eigenvalue weighted by Crippen LogP contribution is 2.23. The molecular formula is C14H20N2O3. The number of aliphatic hydroxyl groups is 1. The number of benzene rings is 1. The maximum Gasteiger partial charge on any atom is 0.161 e. The lowest BCUT2D eigenvalue weighted by molar-refractivity contribution is -0.0543. The third-order valence-electron chi connectivity index (χ3n) is 3.48. The molecular weight excluding hydrogens is 244 g/mol. The molecule has 0 unspecified atom stereocenters. The Morgan fingerprint density at radius 2 is 2.16 bits per heavy atom. The highest BCUT2D eigenvalue weighted by Gasteiger charge is 2.29. The Labute approximate surface area is 112 Å². The summed E-state index contributed by atoms with van der Waals surface area (Å²) in [5, 5.41) is 13.5. The summed E-state index contributed by atoms with van der Waals surface area (Å²) in [6.45, 7) is 3.12. The number of hydrogen-bond donors (Lipinski definition) is 3. The molecule has 2 rings (SSSR count). The summed E-state index contributed by atoms with van der Waals surface area (Å²) in [4.78, 5) is 11.3. The summed E-state index contributed by atoms with van der Waals surface area (Å²) in [5.41, 5.74) is 6.88. The molecule has 1 aromatic carbocycles. The maximum absolute atomic E-state index is 11.3. The van der Waals surface area contributed by atoms with Crippen LogP contribution in [0.15, 0.2) is 18.2 Å². The number of ether oxygens (including phenoxy) is 1. The lowest BCUT2D eigenvalue weighted by Crippen LogP contribution is -2.42. The van der Waals surface area contributed by atoms with E-state index in [4.69, 9.17) is 10.5 Å². The van der Waals surface area contributed by atoms with Crippen LogP contribution in [-0.4, -0.2) is 36.2 Å². The van der Waals surface area contributed by atoms with Crippen molar-refractivity contribution in [2.75, 3.05) is 30.8 Å². The Hall–Kier alpha value is -1.59. The lowest BCUT2D eigenvalue weighted by Gasteiger charge is -2.32. The van der Waals surface area contributed by atoms with E-state index in [1.807, 2.05) is 0 Å². The van der Waals surface area contributed by atoms with Gasteiger partial charge in [-0.2, -0.15) is 0 Å². The summed E-state index contributed by atoms with van der Waals surface area (Å²) < 4.78 is 5.23. The zero-order valence-corrected chi connectivity index (χ0v) is 11.1. The summed E-state index contributed by atoms with van der Waals surface area (Å²) in [7, 11) is 0. The zero-order chi connectivity index (χ0) is 13.9. The monoisotopic (exact) mass is 264 g/mol. The Kier molecular flexibility index (Phi) is 4.07. The van der Waals surface area contributed by atoms with Gasteiger partial charge < -0.3 is 20.9 Å². The lowest BCUT2D eigenvalue weighted by atomic mass is 9.94. The van der Waals surface area contributed by atoms with Gasteiger partial charge in [-0.25, -0.2) is 0 Å². The van der Waals surface area contributed by atoms with Gasteiger partial charge in [0.25, 0.3) is 0 Å². The van der Waals surface area contributed by atoms with E-state index >= 15 is 0 Å². The van der Waals surface area contributed by atoms with Crippen molar-refractivity contribution in [1.82, 2.24) is 0 Å². The SMILES string of the molecule is CC(=O)c1ccc(NCC2(O)CCOCC2)cc1N. The summed E-state index contributed by atoms with van der Waals surface area (Å²) >= 11 is 0. The van der Waals surface area contributed by atoms with Gasteiger partial charge in [0.1, 0.15) is 0 Å². The van der Waals surface area contributed by atoms with Crippen LogP contribution in [0.3, 0.4) is 0 Å². The van der Waals surface area contributed by atoms with Gasteiger partial charge in [0, 0.05) is 49.5 Å². The van der Waals surface area contributed by atoms with Gasteiger partial charge in [-0.05, 0) is 25.1 Å². The normalized spacial score (nSPS) is 18.0. The van der Waals surface area contributed by atoms with E-state index in [1.165, 1.54) is 6.92 Å². The van der Waals surface area contributed by atoms with Gasteiger partial charge in [0.15, 0.2) is 5.78 Å². The van der Waals surface area contributed by atoms with Crippen molar-refractivity contribution < 1.29 is 14.6 Å². The predicted molar refractivity (Wildman–Crippen MR) is 74.4 cm³/mol. The number of nitrogens with two attached hydrogens (primary N) is 1. The smallest absolute Gasteiger partial charge is 0.161 e. The molecule has 1 aliphatic rings. The number of Topliss-reactive ketones (excluding diaryl/α,β-unsaturated/α-hetero) is 1. The van der Waals surface area contributed by atoms with Crippen molar-refractivity contribution in [3.8, 4) is 0 Å². The minimum Gasteiger partial charge on any atom is -0.398 e. The summed E-state index contributed by atoms with van der Waals surface area (Å²) in [6.07, 6.45) is 1.25. The van der Waals surface area contributed by atoms with Crippen molar-refractivity contribution in [2.24, 2.45) is 0 Å². The topological polar surface area (TPSA) is 84.6 Å². The molecule has 19 heavy (non-hydrogen) atoms. The first kappa shape index (κ1) is 13.8. The largest absolute Gasteiger partial charge is 0.398 e. The maximum atomic E-state index is 11.3. The van der Waals surface area contributed by atoms with Crippen LogP contribution in [0.1, 0.15) is 30.1 Å². The molecule has 0 atom stereocenters. The van der Waals surface area contributed by atoms with Crippen molar-refractivity contribution in [1.29, 1.82) is 0 Å². The molecule has 5 nitrogen and oxygen atoms in total. The molecule has 1 aromatic rings. The fourth-order valence-corrected chi connectivity index (χ4v) is 2.19. The number of nitrogen functional groups attached to an aromatic ring is 1. The molecule has 1 heterocycles. The Morgan fingerprint density at radius 1 is 1.47 bits per heavy atom. The minimum atomic E-state index is -0.730.